The molecule has 0 aromatic carbocycles. The van der Waals surface area contributed by atoms with Crippen molar-refractivity contribution >= 4 is 11.7 Å². The second-order valence-corrected chi connectivity index (χ2v) is 6.63. The number of carbonyl (C=O) groups is 1. The number of oxime groups is 1. The Morgan fingerprint density at radius 2 is 2.22 bits per heavy atom. The molecule has 1 aliphatic carbocycles. The number of rotatable bonds is 6. The van der Waals surface area contributed by atoms with Gasteiger partial charge in [-0.1, -0.05) is 38.1 Å². The predicted molar refractivity (Wildman–Crippen MR) is 89.2 cm³/mol. The van der Waals surface area contributed by atoms with E-state index in [0.29, 0.717) is 24.5 Å². The van der Waals surface area contributed by atoms with Crippen molar-refractivity contribution in [1.82, 2.24) is 0 Å². The zero-order valence-corrected chi connectivity index (χ0v) is 14.1. The van der Waals surface area contributed by atoms with Gasteiger partial charge in [0.05, 0.1) is 5.71 Å². The third kappa shape index (κ3) is 4.15. The zero-order valence-electron chi connectivity index (χ0n) is 14.1. The quantitative estimate of drug-likeness (QED) is 0.263. The SMILES string of the molecule is C=CCON=C(CCC)C1=C(O)CC2(CCC(C)CC2)OC1=O. The number of nitrogens with zero attached hydrogens (tertiary/aromatic N) is 1. The van der Waals surface area contributed by atoms with Gasteiger partial charge in [-0.2, -0.15) is 0 Å². The molecule has 23 heavy (non-hydrogen) atoms. The highest BCUT2D eigenvalue weighted by molar-refractivity contribution is 6.20. The van der Waals surface area contributed by atoms with E-state index in [9.17, 15) is 9.90 Å². The van der Waals surface area contributed by atoms with E-state index in [-0.39, 0.29) is 17.9 Å². The molecule has 1 fully saturated rings. The Hall–Kier alpha value is -1.78. The second kappa shape index (κ2) is 7.66. The van der Waals surface area contributed by atoms with Crippen LogP contribution in [0.5, 0.6) is 0 Å². The van der Waals surface area contributed by atoms with Gasteiger partial charge in [0.25, 0.3) is 0 Å². The van der Waals surface area contributed by atoms with Gasteiger partial charge in [-0.15, -0.1) is 0 Å². The van der Waals surface area contributed by atoms with Crippen LogP contribution in [-0.4, -0.2) is 29.0 Å². The van der Waals surface area contributed by atoms with Crippen LogP contribution in [0.1, 0.15) is 58.8 Å². The van der Waals surface area contributed by atoms with Crippen LogP contribution in [0.2, 0.25) is 0 Å². The van der Waals surface area contributed by atoms with E-state index >= 15 is 0 Å². The first-order chi connectivity index (χ1) is 11.0. The average Bonchev–Trinajstić information content (AvgIpc) is 2.50. The minimum absolute atomic E-state index is 0.0882. The van der Waals surface area contributed by atoms with Gasteiger partial charge in [0, 0.05) is 6.42 Å². The van der Waals surface area contributed by atoms with Crippen molar-refractivity contribution in [3.63, 3.8) is 0 Å². The molecule has 1 saturated carbocycles. The first-order valence-electron chi connectivity index (χ1n) is 8.47. The molecule has 0 atom stereocenters. The largest absolute Gasteiger partial charge is 0.511 e. The molecule has 1 aliphatic heterocycles. The fourth-order valence-electron chi connectivity index (χ4n) is 3.27. The molecule has 0 radical (unpaired) electrons. The number of esters is 1. The lowest BCUT2D eigenvalue weighted by Crippen LogP contribution is -2.44. The number of aliphatic hydroxyl groups is 1. The minimum atomic E-state index is -0.531. The summed E-state index contributed by atoms with van der Waals surface area (Å²) in [4.78, 5) is 17.6. The maximum atomic E-state index is 12.5. The highest BCUT2D eigenvalue weighted by Crippen LogP contribution is 2.42. The standard InChI is InChI=1S/C18H27NO4/c1-4-6-14(19-22-11-5-2)16-15(20)12-18(23-17(16)21)9-7-13(3)8-10-18/h5,13,20H,2,4,6-12H2,1,3H3. The Bertz CT molecular complexity index is 513. The summed E-state index contributed by atoms with van der Waals surface area (Å²) in [6.07, 6.45) is 6.97. The number of aliphatic hydroxyl groups excluding tert-OH is 1. The highest BCUT2D eigenvalue weighted by atomic mass is 16.6. The van der Waals surface area contributed by atoms with E-state index in [1.54, 1.807) is 6.08 Å². The molecule has 0 amide bonds. The second-order valence-electron chi connectivity index (χ2n) is 6.63. The predicted octanol–water partition coefficient (Wildman–Crippen LogP) is 4.05. The van der Waals surface area contributed by atoms with Gasteiger partial charge in [-0.3, -0.25) is 0 Å². The van der Waals surface area contributed by atoms with Crippen molar-refractivity contribution in [2.45, 2.75) is 64.4 Å². The fraction of sp³-hybridized carbons (Fsp3) is 0.667. The Morgan fingerprint density at radius 3 is 2.78 bits per heavy atom. The Kier molecular flexibility index (Phi) is 5.85. The van der Waals surface area contributed by atoms with Crippen molar-refractivity contribution in [2.75, 3.05) is 6.61 Å². The number of ether oxygens (including phenoxy) is 1. The molecule has 1 N–H and O–H groups in total. The van der Waals surface area contributed by atoms with Crippen molar-refractivity contribution < 1.29 is 19.5 Å². The summed E-state index contributed by atoms with van der Waals surface area (Å²) in [7, 11) is 0. The summed E-state index contributed by atoms with van der Waals surface area (Å²) in [5.41, 5.74) is 0.104. The van der Waals surface area contributed by atoms with Gasteiger partial charge in [-0.25, -0.2) is 4.79 Å². The molecule has 5 nitrogen and oxygen atoms in total. The Labute approximate surface area is 138 Å². The van der Waals surface area contributed by atoms with Gasteiger partial charge < -0.3 is 14.7 Å². The molecule has 0 unspecified atom stereocenters. The van der Waals surface area contributed by atoms with E-state index < -0.39 is 11.6 Å². The Morgan fingerprint density at radius 1 is 1.52 bits per heavy atom. The summed E-state index contributed by atoms with van der Waals surface area (Å²) < 4.78 is 5.77. The monoisotopic (exact) mass is 321 g/mol. The normalized spacial score (nSPS) is 28.7. The molecule has 0 aromatic rings. The number of hydrogen-bond acceptors (Lipinski definition) is 5. The summed E-state index contributed by atoms with van der Waals surface area (Å²) >= 11 is 0. The third-order valence-corrected chi connectivity index (χ3v) is 4.62. The summed E-state index contributed by atoms with van der Waals surface area (Å²) in [6.45, 7) is 8.02. The molecule has 5 heteroatoms. The van der Waals surface area contributed by atoms with Gasteiger partial charge in [-0.05, 0) is 38.0 Å². The van der Waals surface area contributed by atoms with Crippen LogP contribution in [-0.2, 0) is 14.4 Å². The lowest BCUT2D eigenvalue weighted by molar-refractivity contribution is -0.162. The number of hydrogen-bond donors (Lipinski definition) is 1. The molecule has 1 heterocycles. The van der Waals surface area contributed by atoms with E-state index in [2.05, 4.69) is 18.7 Å². The van der Waals surface area contributed by atoms with Gasteiger partial charge in [0.1, 0.15) is 23.5 Å². The number of carbonyl (C=O) groups excluding carboxylic acids is 1. The lowest BCUT2D eigenvalue weighted by Gasteiger charge is -2.41. The van der Waals surface area contributed by atoms with E-state index in [1.165, 1.54) is 0 Å². The molecule has 2 rings (SSSR count). The molecular weight excluding hydrogens is 294 g/mol. The first kappa shape index (κ1) is 17.6. The molecule has 0 aromatic heterocycles. The molecule has 128 valence electrons. The molecular formula is C18H27NO4. The van der Waals surface area contributed by atoms with E-state index in [4.69, 9.17) is 9.57 Å². The molecule has 0 saturated heterocycles. The van der Waals surface area contributed by atoms with Gasteiger partial charge in [0.15, 0.2) is 0 Å². The topological polar surface area (TPSA) is 68.1 Å². The van der Waals surface area contributed by atoms with Crippen molar-refractivity contribution in [2.24, 2.45) is 11.1 Å². The van der Waals surface area contributed by atoms with Gasteiger partial charge in [0.2, 0.25) is 0 Å². The summed E-state index contributed by atoms with van der Waals surface area (Å²) in [6, 6.07) is 0. The zero-order chi connectivity index (χ0) is 16.9. The maximum Gasteiger partial charge on any atom is 0.344 e. The van der Waals surface area contributed by atoms with E-state index in [1.807, 2.05) is 6.92 Å². The first-order valence-corrected chi connectivity index (χ1v) is 8.47. The van der Waals surface area contributed by atoms with Crippen molar-refractivity contribution in [1.29, 1.82) is 0 Å². The van der Waals surface area contributed by atoms with Crippen molar-refractivity contribution in [3.05, 3.63) is 24.0 Å². The minimum Gasteiger partial charge on any atom is -0.511 e. The smallest absolute Gasteiger partial charge is 0.344 e. The van der Waals surface area contributed by atoms with Crippen LogP contribution >= 0.6 is 0 Å². The van der Waals surface area contributed by atoms with Crippen LogP contribution in [0.4, 0.5) is 0 Å². The van der Waals surface area contributed by atoms with Gasteiger partial charge >= 0.3 is 5.97 Å². The van der Waals surface area contributed by atoms with Crippen LogP contribution in [0.25, 0.3) is 0 Å². The van der Waals surface area contributed by atoms with Crippen LogP contribution in [0, 0.1) is 5.92 Å². The summed E-state index contributed by atoms with van der Waals surface area (Å²) in [5, 5.41) is 14.5. The van der Waals surface area contributed by atoms with E-state index in [0.717, 1.165) is 32.1 Å². The van der Waals surface area contributed by atoms with Crippen LogP contribution in [0.15, 0.2) is 29.1 Å². The van der Waals surface area contributed by atoms with Crippen molar-refractivity contribution in [3.8, 4) is 0 Å². The summed E-state index contributed by atoms with van der Waals surface area (Å²) in [5.74, 6) is 0.263. The lowest BCUT2D eigenvalue weighted by atomic mass is 9.75. The highest BCUT2D eigenvalue weighted by Gasteiger charge is 2.44. The Balaban J connectivity index is 2.22. The molecule has 0 bridgehead atoms. The molecule has 1 spiro atoms. The van der Waals surface area contributed by atoms with Crippen LogP contribution in [0.3, 0.4) is 0 Å². The molecule has 2 aliphatic rings. The maximum absolute atomic E-state index is 12.5. The fourth-order valence-corrected chi connectivity index (χ4v) is 3.27. The third-order valence-electron chi connectivity index (χ3n) is 4.62. The van der Waals surface area contributed by atoms with Crippen LogP contribution < -0.4 is 0 Å². The average molecular weight is 321 g/mol.